The van der Waals surface area contributed by atoms with Gasteiger partial charge in [-0.2, -0.15) is 0 Å². The van der Waals surface area contributed by atoms with Crippen molar-refractivity contribution in [3.8, 4) is 5.75 Å². The molecule has 0 aromatic heterocycles. The van der Waals surface area contributed by atoms with Gasteiger partial charge in [0.05, 0.1) is 7.11 Å². The fourth-order valence-corrected chi connectivity index (χ4v) is 3.45. The van der Waals surface area contributed by atoms with E-state index in [1.807, 2.05) is 0 Å². The number of nitrogens with one attached hydrogen (secondary N) is 1. The van der Waals surface area contributed by atoms with Gasteiger partial charge in [-0.3, -0.25) is 0 Å². The molecule has 1 aromatic carbocycles. The first kappa shape index (κ1) is 15.2. The summed E-state index contributed by atoms with van der Waals surface area (Å²) in [6.07, 6.45) is 2.24. The van der Waals surface area contributed by atoms with Crippen LogP contribution in [0.15, 0.2) is 40.2 Å². The van der Waals surface area contributed by atoms with E-state index >= 15 is 0 Å². The topological polar surface area (TPSA) is 55.4 Å². The maximum Gasteiger partial charge on any atom is 0.244 e. The lowest BCUT2D eigenvalue weighted by molar-refractivity contribution is 0.402. The highest BCUT2D eigenvalue weighted by atomic mass is 79.9. The van der Waals surface area contributed by atoms with E-state index < -0.39 is 10.0 Å². The van der Waals surface area contributed by atoms with Crippen molar-refractivity contribution < 1.29 is 13.2 Å². The van der Waals surface area contributed by atoms with Crippen molar-refractivity contribution in [1.82, 2.24) is 4.72 Å². The molecule has 6 heteroatoms. The Morgan fingerprint density at radius 2 is 2.22 bits per heavy atom. The molecule has 1 unspecified atom stereocenters. The van der Waals surface area contributed by atoms with Crippen LogP contribution in [0.4, 0.5) is 0 Å². The fourth-order valence-electron chi connectivity index (χ4n) is 1.49. The van der Waals surface area contributed by atoms with Crippen LogP contribution in [0.1, 0.15) is 13.3 Å². The molecule has 0 aliphatic carbocycles. The average Bonchev–Trinajstić information content (AvgIpc) is 2.28. The Hall–Kier alpha value is -0.850. The van der Waals surface area contributed by atoms with E-state index in [0.29, 0.717) is 16.6 Å². The van der Waals surface area contributed by atoms with Crippen molar-refractivity contribution in [1.29, 1.82) is 0 Å². The summed E-state index contributed by atoms with van der Waals surface area (Å²) >= 11 is 3.25. The third kappa shape index (κ3) is 3.83. The fraction of sp³-hybridized carbons (Fsp3) is 0.333. The Bertz CT molecular complexity index is 528. The molecular formula is C12H16BrNO3S. The molecular weight excluding hydrogens is 318 g/mol. The summed E-state index contributed by atoms with van der Waals surface area (Å²) in [6, 6.07) is 4.64. The molecule has 0 aliphatic rings. The molecule has 1 N–H and O–H groups in total. The molecule has 1 rings (SSSR count). The molecule has 1 aromatic rings. The van der Waals surface area contributed by atoms with Crippen LogP contribution in [0.2, 0.25) is 0 Å². The lowest BCUT2D eigenvalue weighted by atomic mass is 10.3. The standard InChI is InChI=1S/C12H16BrNO3S/c1-4-5-9(2)14-18(15,16)12-8-10(13)6-7-11(12)17-3/h4,6-9,14H,1,5H2,2-3H3. The number of hydrogen-bond donors (Lipinski definition) is 1. The molecule has 0 saturated heterocycles. The summed E-state index contributed by atoms with van der Waals surface area (Å²) in [5, 5.41) is 0. The minimum atomic E-state index is -3.60. The second kappa shape index (κ2) is 6.36. The molecule has 100 valence electrons. The third-order valence-corrected chi connectivity index (χ3v) is 4.40. The number of benzene rings is 1. The number of ether oxygens (including phenoxy) is 1. The van der Waals surface area contributed by atoms with Crippen LogP contribution in [0, 0.1) is 0 Å². The van der Waals surface area contributed by atoms with Crippen LogP contribution in [-0.4, -0.2) is 21.6 Å². The van der Waals surface area contributed by atoms with Crippen molar-refractivity contribution in [3.05, 3.63) is 35.3 Å². The summed E-state index contributed by atoms with van der Waals surface area (Å²) in [4.78, 5) is 0.121. The van der Waals surface area contributed by atoms with Crippen LogP contribution < -0.4 is 9.46 Å². The predicted octanol–water partition coefficient (Wildman–Crippen LogP) is 2.70. The Kier molecular flexibility index (Phi) is 5.37. The second-order valence-electron chi connectivity index (χ2n) is 3.84. The van der Waals surface area contributed by atoms with E-state index in [4.69, 9.17) is 4.74 Å². The van der Waals surface area contributed by atoms with E-state index in [0.717, 1.165) is 0 Å². The van der Waals surface area contributed by atoms with Gasteiger partial charge in [0, 0.05) is 10.5 Å². The Morgan fingerprint density at radius 3 is 2.78 bits per heavy atom. The maximum atomic E-state index is 12.2. The molecule has 4 nitrogen and oxygen atoms in total. The number of rotatable bonds is 6. The average molecular weight is 334 g/mol. The summed E-state index contributed by atoms with van der Waals surface area (Å²) in [7, 11) is -2.16. The van der Waals surface area contributed by atoms with Crippen LogP contribution in [0.5, 0.6) is 5.75 Å². The van der Waals surface area contributed by atoms with Crippen LogP contribution >= 0.6 is 15.9 Å². The lowest BCUT2D eigenvalue weighted by Gasteiger charge is -2.14. The quantitative estimate of drug-likeness (QED) is 0.814. The van der Waals surface area contributed by atoms with Crippen LogP contribution in [-0.2, 0) is 10.0 Å². The molecule has 18 heavy (non-hydrogen) atoms. The number of halogens is 1. The van der Waals surface area contributed by atoms with Crippen molar-refractivity contribution in [2.75, 3.05) is 7.11 Å². The van der Waals surface area contributed by atoms with Crippen molar-refractivity contribution in [2.45, 2.75) is 24.3 Å². The highest BCUT2D eigenvalue weighted by molar-refractivity contribution is 9.10. The molecule has 0 fully saturated rings. The SMILES string of the molecule is C=CCC(C)NS(=O)(=O)c1cc(Br)ccc1OC. The molecule has 0 heterocycles. The van der Waals surface area contributed by atoms with Crippen LogP contribution in [0.3, 0.4) is 0 Å². The van der Waals surface area contributed by atoms with Gasteiger partial charge >= 0.3 is 0 Å². The monoisotopic (exact) mass is 333 g/mol. The summed E-state index contributed by atoms with van der Waals surface area (Å²) in [5.74, 6) is 0.316. The number of sulfonamides is 1. The molecule has 0 aliphatic heterocycles. The molecule has 0 saturated carbocycles. The molecule has 1 atom stereocenters. The first-order valence-electron chi connectivity index (χ1n) is 5.37. The minimum absolute atomic E-state index is 0.121. The van der Waals surface area contributed by atoms with Gasteiger partial charge in [0.1, 0.15) is 10.6 Å². The van der Waals surface area contributed by atoms with E-state index in [2.05, 4.69) is 27.2 Å². The number of hydrogen-bond acceptors (Lipinski definition) is 3. The summed E-state index contributed by atoms with van der Waals surface area (Å²) in [6.45, 7) is 5.37. The van der Waals surface area contributed by atoms with Gasteiger partial charge in [0.2, 0.25) is 10.0 Å². The van der Waals surface area contributed by atoms with Crippen molar-refractivity contribution >= 4 is 26.0 Å². The van der Waals surface area contributed by atoms with Gasteiger partial charge in [-0.25, -0.2) is 13.1 Å². The maximum absolute atomic E-state index is 12.2. The molecule has 0 amide bonds. The Labute approximate surface area is 116 Å². The third-order valence-electron chi connectivity index (χ3n) is 2.29. The second-order valence-corrected chi connectivity index (χ2v) is 6.44. The van der Waals surface area contributed by atoms with Gasteiger partial charge in [-0.15, -0.1) is 6.58 Å². The van der Waals surface area contributed by atoms with E-state index in [9.17, 15) is 8.42 Å². The molecule has 0 spiro atoms. The molecule has 0 bridgehead atoms. The van der Waals surface area contributed by atoms with Gasteiger partial charge in [-0.05, 0) is 31.5 Å². The summed E-state index contributed by atoms with van der Waals surface area (Å²) < 4.78 is 32.7. The predicted molar refractivity (Wildman–Crippen MR) is 75.3 cm³/mol. The van der Waals surface area contributed by atoms with Gasteiger partial charge in [0.25, 0.3) is 0 Å². The highest BCUT2D eigenvalue weighted by Gasteiger charge is 2.21. The van der Waals surface area contributed by atoms with E-state index in [1.54, 1.807) is 25.1 Å². The van der Waals surface area contributed by atoms with Gasteiger partial charge in [0.15, 0.2) is 0 Å². The zero-order valence-electron chi connectivity index (χ0n) is 10.3. The largest absolute Gasteiger partial charge is 0.495 e. The Morgan fingerprint density at radius 1 is 1.56 bits per heavy atom. The van der Waals surface area contributed by atoms with Gasteiger partial charge in [-0.1, -0.05) is 22.0 Å². The minimum Gasteiger partial charge on any atom is -0.495 e. The van der Waals surface area contributed by atoms with Crippen molar-refractivity contribution in [2.24, 2.45) is 0 Å². The Balaban J connectivity index is 3.11. The van der Waals surface area contributed by atoms with E-state index in [-0.39, 0.29) is 10.9 Å². The van der Waals surface area contributed by atoms with Crippen molar-refractivity contribution in [3.63, 3.8) is 0 Å². The zero-order chi connectivity index (χ0) is 13.8. The first-order chi connectivity index (χ1) is 8.40. The smallest absolute Gasteiger partial charge is 0.244 e. The lowest BCUT2D eigenvalue weighted by Crippen LogP contribution is -2.32. The first-order valence-corrected chi connectivity index (χ1v) is 7.65. The van der Waals surface area contributed by atoms with Crippen LogP contribution in [0.25, 0.3) is 0 Å². The van der Waals surface area contributed by atoms with E-state index in [1.165, 1.54) is 13.2 Å². The molecule has 0 radical (unpaired) electrons. The van der Waals surface area contributed by atoms with Gasteiger partial charge < -0.3 is 4.74 Å². The normalized spacial score (nSPS) is 13.1. The summed E-state index contributed by atoms with van der Waals surface area (Å²) in [5.41, 5.74) is 0. The zero-order valence-corrected chi connectivity index (χ0v) is 12.7. The number of methoxy groups -OCH3 is 1. The highest BCUT2D eigenvalue weighted by Crippen LogP contribution is 2.27.